The number of esters is 2. The molecule has 1 fully saturated rings. The molecule has 0 heterocycles. The van der Waals surface area contributed by atoms with Gasteiger partial charge in [0.2, 0.25) is 0 Å². The molecule has 0 spiro atoms. The fourth-order valence-corrected chi connectivity index (χ4v) is 8.93. The van der Waals surface area contributed by atoms with Gasteiger partial charge in [0.25, 0.3) is 0 Å². The highest BCUT2D eigenvalue weighted by atomic mass is 31.2. The molecular formula is C52H95O13P. The van der Waals surface area contributed by atoms with Crippen LogP contribution in [0.1, 0.15) is 226 Å². The van der Waals surface area contributed by atoms with Crippen molar-refractivity contribution in [2.24, 2.45) is 0 Å². The average Bonchev–Trinajstić information content (AvgIpc) is 3.30. The summed E-state index contributed by atoms with van der Waals surface area (Å²) in [4.78, 5) is 35.8. The van der Waals surface area contributed by atoms with Crippen molar-refractivity contribution in [2.75, 3.05) is 13.2 Å². The predicted octanol–water partition coefficient (Wildman–Crippen LogP) is 11.3. The van der Waals surface area contributed by atoms with Gasteiger partial charge in [-0.15, -0.1) is 0 Å². The Morgan fingerprint density at radius 2 is 0.818 bits per heavy atom. The highest BCUT2D eigenvalue weighted by Gasteiger charge is 2.51. The second kappa shape index (κ2) is 42.0. The third-order valence-electron chi connectivity index (χ3n) is 12.2. The number of allylic oxidation sites excluding steroid dienone is 6. The van der Waals surface area contributed by atoms with Crippen molar-refractivity contribution < 1.29 is 63.1 Å². The maximum atomic E-state index is 12.8. The summed E-state index contributed by atoms with van der Waals surface area (Å²) in [5.74, 6) is -1.11. The largest absolute Gasteiger partial charge is 0.472 e. The van der Waals surface area contributed by atoms with Gasteiger partial charge in [-0.05, 0) is 70.6 Å². The lowest BCUT2D eigenvalue weighted by Gasteiger charge is -2.41. The van der Waals surface area contributed by atoms with Crippen LogP contribution in [0.2, 0.25) is 0 Å². The summed E-state index contributed by atoms with van der Waals surface area (Å²) in [5, 5.41) is 50.3. The van der Waals surface area contributed by atoms with Gasteiger partial charge in [0.1, 0.15) is 43.2 Å². The summed E-state index contributed by atoms with van der Waals surface area (Å²) in [6.07, 6.45) is 36.2. The van der Waals surface area contributed by atoms with E-state index in [1.54, 1.807) is 0 Å². The van der Waals surface area contributed by atoms with E-state index in [1.165, 1.54) is 109 Å². The zero-order valence-corrected chi connectivity index (χ0v) is 42.1. The molecule has 6 N–H and O–H groups in total. The molecule has 13 nitrogen and oxygen atoms in total. The zero-order chi connectivity index (χ0) is 48.5. The molecule has 1 saturated carbocycles. The molecular weight excluding hydrogens is 864 g/mol. The number of carbonyl (C=O) groups is 2. The molecule has 386 valence electrons. The van der Waals surface area contributed by atoms with Crippen molar-refractivity contribution in [2.45, 2.75) is 268 Å². The second-order valence-electron chi connectivity index (χ2n) is 18.4. The number of hydrogen-bond donors (Lipinski definition) is 6. The number of phosphoric ester groups is 1. The molecule has 6 atom stereocenters. The van der Waals surface area contributed by atoms with E-state index in [0.717, 1.165) is 77.0 Å². The summed E-state index contributed by atoms with van der Waals surface area (Å²) >= 11 is 0. The molecule has 0 bridgehead atoms. The van der Waals surface area contributed by atoms with E-state index in [1.807, 2.05) is 0 Å². The highest BCUT2D eigenvalue weighted by molar-refractivity contribution is 7.47. The van der Waals surface area contributed by atoms with Gasteiger partial charge in [-0.2, -0.15) is 0 Å². The number of ether oxygens (including phenoxy) is 2. The summed E-state index contributed by atoms with van der Waals surface area (Å²) in [6, 6.07) is 0. The van der Waals surface area contributed by atoms with Crippen LogP contribution >= 0.6 is 7.82 Å². The van der Waals surface area contributed by atoms with Crippen molar-refractivity contribution in [1.82, 2.24) is 0 Å². The minimum atomic E-state index is -5.12. The Hall–Kier alpha value is -1.93. The maximum Gasteiger partial charge on any atom is 0.472 e. The lowest BCUT2D eigenvalue weighted by molar-refractivity contribution is -0.220. The van der Waals surface area contributed by atoms with Gasteiger partial charge in [0, 0.05) is 12.8 Å². The van der Waals surface area contributed by atoms with E-state index in [9.17, 15) is 44.6 Å². The third-order valence-corrected chi connectivity index (χ3v) is 13.2. The summed E-state index contributed by atoms with van der Waals surface area (Å²) in [7, 11) is -5.12. The van der Waals surface area contributed by atoms with E-state index in [0.29, 0.717) is 12.8 Å². The maximum absolute atomic E-state index is 12.8. The van der Waals surface area contributed by atoms with E-state index in [-0.39, 0.29) is 12.8 Å². The molecule has 0 aromatic rings. The predicted molar refractivity (Wildman–Crippen MR) is 263 cm³/mol. The zero-order valence-electron chi connectivity index (χ0n) is 41.2. The Balaban J connectivity index is 2.37. The van der Waals surface area contributed by atoms with Crippen LogP contribution in [0.25, 0.3) is 0 Å². The Labute approximate surface area is 399 Å². The molecule has 0 aromatic carbocycles. The fourth-order valence-electron chi connectivity index (χ4n) is 7.96. The number of unbranched alkanes of at least 4 members (excludes halogenated alkanes) is 26. The van der Waals surface area contributed by atoms with E-state index in [2.05, 4.69) is 50.3 Å². The molecule has 0 aromatic heterocycles. The van der Waals surface area contributed by atoms with Crippen LogP contribution in [0.3, 0.4) is 0 Å². The first-order chi connectivity index (χ1) is 31.9. The standard InChI is InChI=1S/C52H95O13P/c1-3-5-7-9-11-13-15-17-19-20-21-22-23-24-25-26-27-29-31-33-35-37-39-41-46(54)64-44(43-63-66(60,61)65-52-50(58)48(56)47(55)49(57)51(52)59)42-62-45(53)40-38-36-34-32-30-28-18-16-14-12-10-8-6-4-2/h15-18,20-21,44,47-52,55-59H,3-14,19,22-43H2,1-2H3,(H,60,61)/b17-15-,18-16-,21-20-. The first-order valence-electron chi connectivity index (χ1n) is 26.3. The Morgan fingerprint density at radius 3 is 1.24 bits per heavy atom. The van der Waals surface area contributed by atoms with Crippen molar-refractivity contribution >= 4 is 19.8 Å². The SMILES string of the molecule is CCCCCCC/C=C\C/C=C\CCCCCCCCCCCCCC(=O)OC(COC(=O)CCCCCCC/C=C\CCCCCCC)COP(=O)(O)OC1C(O)C(O)C(O)C(O)C1O. The number of carbonyl (C=O) groups excluding carboxylic acids is 2. The van der Waals surface area contributed by atoms with Gasteiger partial charge in [-0.3, -0.25) is 18.6 Å². The van der Waals surface area contributed by atoms with Crippen LogP contribution in [0.5, 0.6) is 0 Å². The summed E-state index contributed by atoms with van der Waals surface area (Å²) in [5.41, 5.74) is 0. The highest BCUT2D eigenvalue weighted by Crippen LogP contribution is 2.47. The molecule has 14 heteroatoms. The first kappa shape index (κ1) is 62.1. The number of hydrogen-bond acceptors (Lipinski definition) is 12. The Kier molecular flexibility index (Phi) is 39.5. The van der Waals surface area contributed by atoms with Gasteiger partial charge in [-0.25, -0.2) is 4.57 Å². The van der Waals surface area contributed by atoms with E-state index in [4.69, 9.17) is 18.5 Å². The van der Waals surface area contributed by atoms with Gasteiger partial charge >= 0.3 is 19.8 Å². The number of aliphatic hydroxyl groups excluding tert-OH is 5. The molecule has 0 radical (unpaired) electrons. The van der Waals surface area contributed by atoms with E-state index < -0.39 is 75.7 Å². The van der Waals surface area contributed by atoms with Gasteiger partial charge in [0.15, 0.2) is 6.10 Å². The van der Waals surface area contributed by atoms with Crippen molar-refractivity contribution in [1.29, 1.82) is 0 Å². The molecule has 1 aliphatic carbocycles. The Bertz CT molecular complexity index is 1290. The van der Waals surface area contributed by atoms with Crippen LogP contribution in [0.15, 0.2) is 36.5 Å². The minimum Gasteiger partial charge on any atom is -0.462 e. The lowest BCUT2D eigenvalue weighted by atomic mass is 9.85. The monoisotopic (exact) mass is 959 g/mol. The van der Waals surface area contributed by atoms with Crippen LogP contribution in [0, 0.1) is 0 Å². The number of rotatable bonds is 44. The minimum absolute atomic E-state index is 0.0935. The first-order valence-corrected chi connectivity index (χ1v) is 27.8. The number of phosphoric acid groups is 1. The Morgan fingerprint density at radius 1 is 0.470 bits per heavy atom. The van der Waals surface area contributed by atoms with Crippen LogP contribution in [0.4, 0.5) is 0 Å². The average molecular weight is 959 g/mol. The topological polar surface area (TPSA) is 210 Å². The smallest absolute Gasteiger partial charge is 0.462 e. The van der Waals surface area contributed by atoms with Crippen molar-refractivity contribution in [3.8, 4) is 0 Å². The molecule has 1 aliphatic rings. The van der Waals surface area contributed by atoms with Gasteiger partial charge in [-0.1, -0.05) is 179 Å². The quantitative estimate of drug-likeness (QED) is 0.0145. The lowest BCUT2D eigenvalue weighted by Crippen LogP contribution is -2.64. The fraction of sp³-hybridized carbons (Fsp3) is 0.846. The molecule has 0 amide bonds. The van der Waals surface area contributed by atoms with E-state index >= 15 is 0 Å². The summed E-state index contributed by atoms with van der Waals surface area (Å²) in [6.45, 7) is 3.29. The van der Waals surface area contributed by atoms with Gasteiger partial charge in [0.05, 0.1) is 6.61 Å². The summed E-state index contributed by atoms with van der Waals surface area (Å²) < 4.78 is 33.6. The normalized spacial score (nSPS) is 21.5. The second-order valence-corrected chi connectivity index (χ2v) is 19.8. The van der Waals surface area contributed by atoms with Crippen LogP contribution in [-0.4, -0.2) is 98.3 Å². The van der Waals surface area contributed by atoms with Gasteiger partial charge < -0.3 is 39.9 Å². The molecule has 0 aliphatic heterocycles. The molecule has 66 heavy (non-hydrogen) atoms. The third kappa shape index (κ3) is 33.5. The van der Waals surface area contributed by atoms with Crippen LogP contribution in [-0.2, 0) is 32.7 Å². The molecule has 1 rings (SSSR count). The number of aliphatic hydroxyl groups is 5. The van der Waals surface area contributed by atoms with Crippen molar-refractivity contribution in [3.05, 3.63) is 36.5 Å². The molecule has 0 saturated heterocycles. The molecule has 6 unspecified atom stereocenters. The van der Waals surface area contributed by atoms with Crippen molar-refractivity contribution in [3.63, 3.8) is 0 Å². The van der Waals surface area contributed by atoms with Crippen LogP contribution < -0.4 is 0 Å².